The minimum absolute atomic E-state index is 0.0933. The second-order valence-electron chi connectivity index (χ2n) is 3.60. The molecule has 3 atom stereocenters. The van der Waals surface area contributed by atoms with Crippen molar-refractivity contribution in [2.75, 3.05) is 21.0 Å². The minimum atomic E-state index is -0.366. The summed E-state index contributed by atoms with van der Waals surface area (Å²) >= 11 is 0. The quantitative estimate of drug-likeness (QED) is 0.377. The highest BCUT2D eigenvalue weighted by molar-refractivity contribution is 5.77. The van der Waals surface area contributed by atoms with E-state index in [9.17, 15) is 9.59 Å². The molecular weight excluding hydrogens is 200 g/mol. The van der Waals surface area contributed by atoms with Crippen LogP contribution in [-0.2, 0) is 23.8 Å². The highest BCUT2D eigenvalue weighted by Crippen LogP contribution is 2.33. The zero-order chi connectivity index (χ0) is 11.3. The molecule has 0 bridgehead atoms. The molecule has 0 aliphatic heterocycles. The van der Waals surface area contributed by atoms with Gasteiger partial charge in [-0.2, -0.15) is 0 Å². The van der Waals surface area contributed by atoms with Crippen molar-refractivity contribution in [2.45, 2.75) is 18.9 Å². The summed E-state index contributed by atoms with van der Waals surface area (Å²) in [6.07, 6.45) is 1.80. The second kappa shape index (κ2) is 5.82. The minimum Gasteiger partial charge on any atom is -0.469 e. The predicted molar refractivity (Wildman–Crippen MR) is 51.0 cm³/mol. The lowest BCUT2D eigenvalue weighted by Gasteiger charge is -2.10. The van der Waals surface area contributed by atoms with E-state index in [4.69, 9.17) is 9.47 Å². The lowest BCUT2D eigenvalue weighted by molar-refractivity contribution is -0.148. The van der Waals surface area contributed by atoms with Gasteiger partial charge in [0.05, 0.1) is 19.1 Å². The lowest BCUT2D eigenvalue weighted by Crippen LogP contribution is -2.21. The highest BCUT2D eigenvalue weighted by atomic mass is 16.7. The van der Waals surface area contributed by atoms with E-state index in [-0.39, 0.29) is 30.7 Å². The Hall–Kier alpha value is -0.940. The van der Waals surface area contributed by atoms with Crippen LogP contribution in [0, 0.1) is 11.8 Å². The van der Waals surface area contributed by atoms with E-state index in [1.54, 1.807) is 0 Å². The number of hydrogen-bond donors (Lipinski definition) is 0. The number of methoxy groups -OCH3 is 2. The fourth-order valence-electron chi connectivity index (χ4n) is 1.90. The van der Waals surface area contributed by atoms with E-state index >= 15 is 0 Å². The number of carbonyl (C=O) groups excluding carboxylic acids is 2. The van der Waals surface area contributed by atoms with E-state index in [1.807, 2.05) is 0 Å². The molecule has 1 aliphatic carbocycles. The third-order valence-electron chi connectivity index (χ3n) is 2.67. The van der Waals surface area contributed by atoms with Crippen molar-refractivity contribution in [1.82, 2.24) is 0 Å². The van der Waals surface area contributed by atoms with Crippen LogP contribution in [0.1, 0.15) is 12.8 Å². The van der Waals surface area contributed by atoms with Gasteiger partial charge in [0.1, 0.15) is 13.1 Å². The van der Waals surface area contributed by atoms with Crippen molar-refractivity contribution < 1.29 is 23.8 Å². The summed E-state index contributed by atoms with van der Waals surface area (Å²) < 4.78 is 14.7. The van der Waals surface area contributed by atoms with Gasteiger partial charge in [-0.15, -0.1) is 0 Å². The predicted octanol–water partition coefficient (Wildman–Crippen LogP) is 0.374. The van der Waals surface area contributed by atoms with Gasteiger partial charge in [-0.1, -0.05) is 0 Å². The van der Waals surface area contributed by atoms with Gasteiger partial charge in [-0.3, -0.25) is 4.79 Å². The Morgan fingerprint density at radius 2 is 2.13 bits per heavy atom. The number of carbonyl (C=O) groups is 2. The Kier molecular flexibility index (Phi) is 4.71. The van der Waals surface area contributed by atoms with Gasteiger partial charge in [-0.05, 0) is 12.8 Å². The molecule has 1 fully saturated rings. The average molecular weight is 216 g/mol. The molecule has 0 aromatic carbocycles. The van der Waals surface area contributed by atoms with Gasteiger partial charge in [-0.25, -0.2) is 0 Å². The number of aldehydes is 1. The Morgan fingerprint density at radius 3 is 2.67 bits per heavy atom. The summed E-state index contributed by atoms with van der Waals surface area (Å²) in [4.78, 5) is 22.1. The summed E-state index contributed by atoms with van der Waals surface area (Å²) in [5.41, 5.74) is 0. The molecule has 1 saturated carbocycles. The Labute approximate surface area is 88.7 Å². The van der Waals surface area contributed by atoms with E-state index in [0.717, 1.165) is 6.29 Å². The SMILES string of the molecule is COCO[C@H]1C[C@@H](C=O)[C@@H](C(=O)OC)C1. The molecule has 0 amide bonds. The zero-order valence-corrected chi connectivity index (χ0v) is 8.97. The second-order valence-corrected chi connectivity index (χ2v) is 3.60. The van der Waals surface area contributed by atoms with Gasteiger partial charge in [0, 0.05) is 13.0 Å². The maximum absolute atomic E-state index is 11.3. The van der Waals surface area contributed by atoms with E-state index in [2.05, 4.69) is 4.74 Å². The first-order valence-electron chi connectivity index (χ1n) is 4.86. The molecule has 1 rings (SSSR count). The van der Waals surface area contributed by atoms with Crippen LogP contribution < -0.4 is 0 Å². The smallest absolute Gasteiger partial charge is 0.309 e. The summed E-state index contributed by atoms with van der Waals surface area (Å²) in [5, 5.41) is 0. The normalized spacial score (nSPS) is 30.1. The zero-order valence-electron chi connectivity index (χ0n) is 8.97. The maximum Gasteiger partial charge on any atom is 0.309 e. The first-order valence-corrected chi connectivity index (χ1v) is 4.86. The van der Waals surface area contributed by atoms with Crippen LogP contribution in [0.15, 0.2) is 0 Å². The molecule has 86 valence electrons. The molecule has 1 aliphatic rings. The monoisotopic (exact) mass is 216 g/mol. The first-order chi connectivity index (χ1) is 7.22. The van der Waals surface area contributed by atoms with Crippen LogP contribution in [0.4, 0.5) is 0 Å². The van der Waals surface area contributed by atoms with E-state index in [1.165, 1.54) is 14.2 Å². The molecule has 0 radical (unpaired) electrons. The van der Waals surface area contributed by atoms with Crippen molar-refractivity contribution >= 4 is 12.3 Å². The summed E-state index contributed by atoms with van der Waals surface area (Å²) in [7, 11) is 2.86. The van der Waals surface area contributed by atoms with Crippen LogP contribution in [0.25, 0.3) is 0 Å². The largest absolute Gasteiger partial charge is 0.469 e. The topological polar surface area (TPSA) is 61.8 Å². The van der Waals surface area contributed by atoms with Crippen molar-refractivity contribution in [3.05, 3.63) is 0 Å². The van der Waals surface area contributed by atoms with Crippen molar-refractivity contribution in [1.29, 1.82) is 0 Å². The molecule has 0 heterocycles. The summed E-state index contributed by atoms with van der Waals surface area (Å²) in [6.45, 7) is 0.185. The van der Waals surface area contributed by atoms with Crippen LogP contribution in [-0.4, -0.2) is 39.4 Å². The number of esters is 1. The van der Waals surface area contributed by atoms with Crippen LogP contribution in [0.5, 0.6) is 0 Å². The van der Waals surface area contributed by atoms with E-state index < -0.39 is 0 Å². The Bertz CT molecular complexity index is 228. The van der Waals surface area contributed by atoms with Crippen molar-refractivity contribution in [2.24, 2.45) is 11.8 Å². The van der Waals surface area contributed by atoms with Gasteiger partial charge >= 0.3 is 5.97 Å². The van der Waals surface area contributed by atoms with Crippen molar-refractivity contribution in [3.63, 3.8) is 0 Å². The Balaban J connectivity index is 2.50. The lowest BCUT2D eigenvalue weighted by atomic mass is 9.98. The van der Waals surface area contributed by atoms with Crippen molar-refractivity contribution in [3.8, 4) is 0 Å². The number of rotatable bonds is 5. The molecule has 0 unspecified atom stereocenters. The fourth-order valence-corrected chi connectivity index (χ4v) is 1.90. The van der Waals surface area contributed by atoms with Crippen LogP contribution in [0.2, 0.25) is 0 Å². The van der Waals surface area contributed by atoms with Crippen LogP contribution >= 0.6 is 0 Å². The fraction of sp³-hybridized carbons (Fsp3) is 0.800. The number of ether oxygens (including phenoxy) is 3. The molecular formula is C10H16O5. The highest BCUT2D eigenvalue weighted by Gasteiger charge is 2.39. The third kappa shape index (κ3) is 3.00. The molecule has 0 N–H and O–H groups in total. The van der Waals surface area contributed by atoms with Gasteiger partial charge < -0.3 is 19.0 Å². The van der Waals surface area contributed by atoms with Gasteiger partial charge in [0.2, 0.25) is 0 Å². The maximum atomic E-state index is 11.3. The van der Waals surface area contributed by atoms with E-state index in [0.29, 0.717) is 12.8 Å². The first kappa shape index (κ1) is 12.1. The average Bonchev–Trinajstić information content (AvgIpc) is 2.68. The Morgan fingerprint density at radius 1 is 1.40 bits per heavy atom. The third-order valence-corrected chi connectivity index (χ3v) is 2.67. The molecule has 0 aromatic rings. The number of hydrogen-bond acceptors (Lipinski definition) is 5. The molecule has 0 saturated heterocycles. The van der Waals surface area contributed by atoms with Gasteiger partial charge in [0.25, 0.3) is 0 Å². The standard InChI is InChI=1S/C10H16O5/c1-13-6-15-8-3-7(5-11)9(4-8)10(12)14-2/h5,7-9H,3-4,6H2,1-2H3/t7-,8-,9-/m0/s1. The molecule has 0 aromatic heterocycles. The summed E-state index contributed by atoms with van der Waals surface area (Å²) in [5.74, 6) is -0.996. The molecule has 5 nitrogen and oxygen atoms in total. The summed E-state index contributed by atoms with van der Waals surface area (Å²) in [6, 6.07) is 0. The molecule has 0 spiro atoms. The van der Waals surface area contributed by atoms with Crippen LogP contribution in [0.3, 0.4) is 0 Å². The van der Waals surface area contributed by atoms with Gasteiger partial charge in [0.15, 0.2) is 0 Å². The molecule has 15 heavy (non-hydrogen) atoms. The molecule has 5 heteroatoms.